The number of likely N-dealkylation sites (tertiary alicyclic amines) is 1. The summed E-state index contributed by atoms with van der Waals surface area (Å²) in [7, 11) is 0. The summed E-state index contributed by atoms with van der Waals surface area (Å²) >= 11 is 0. The molecule has 0 bridgehead atoms. The minimum atomic E-state index is 0.0847. The Balaban J connectivity index is 1.82. The molecular formula is C16H20NO2. The number of rotatable bonds is 4. The Morgan fingerprint density at radius 3 is 2.53 bits per heavy atom. The first-order chi connectivity index (χ1) is 9.29. The lowest BCUT2D eigenvalue weighted by molar-refractivity contribution is -0.134. The number of piperidine rings is 1. The molecule has 1 fully saturated rings. The maximum Gasteiger partial charge on any atom is 0.260 e. The summed E-state index contributed by atoms with van der Waals surface area (Å²) in [5.74, 6) is 0.813. The fourth-order valence-electron chi connectivity index (χ4n) is 2.19. The molecule has 101 valence electrons. The molecule has 0 N–H and O–H groups in total. The predicted molar refractivity (Wildman–Crippen MR) is 76.8 cm³/mol. The highest BCUT2D eigenvalue weighted by atomic mass is 16.5. The Morgan fingerprint density at radius 1 is 1.21 bits per heavy atom. The molecule has 3 heteroatoms. The van der Waals surface area contributed by atoms with E-state index in [0.717, 1.165) is 37.2 Å². The van der Waals surface area contributed by atoms with Crippen molar-refractivity contribution in [3.8, 4) is 5.75 Å². The van der Waals surface area contributed by atoms with Crippen molar-refractivity contribution in [1.29, 1.82) is 0 Å². The van der Waals surface area contributed by atoms with Gasteiger partial charge >= 0.3 is 0 Å². The van der Waals surface area contributed by atoms with Crippen LogP contribution in [0.2, 0.25) is 0 Å². The molecule has 3 nitrogen and oxygen atoms in total. The van der Waals surface area contributed by atoms with E-state index in [2.05, 4.69) is 6.92 Å². The molecule has 1 heterocycles. The molecule has 0 unspecified atom stereocenters. The van der Waals surface area contributed by atoms with E-state index in [1.165, 1.54) is 6.42 Å². The lowest BCUT2D eigenvalue weighted by Crippen LogP contribution is -2.38. The fourth-order valence-corrected chi connectivity index (χ4v) is 2.19. The largest absolute Gasteiger partial charge is 0.484 e. The molecule has 0 aliphatic carbocycles. The number of nitrogens with zero attached hydrogens (tertiary/aromatic N) is 1. The first-order valence-corrected chi connectivity index (χ1v) is 6.76. The molecule has 1 aliphatic heterocycles. The van der Waals surface area contributed by atoms with Gasteiger partial charge in [0, 0.05) is 13.1 Å². The zero-order valence-corrected chi connectivity index (χ0v) is 11.2. The molecular weight excluding hydrogens is 238 g/mol. The summed E-state index contributed by atoms with van der Waals surface area (Å²) in [6.45, 7) is 5.52. The van der Waals surface area contributed by atoms with E-state index >= 15 is 0 Å². The van der Waals surface area contributed by atoms with Crippen LogP contribution < -0.4 is 4.74 Å². The van der Waals surface area contributed by atoms with Gasteiger partial charge in [0.2, 0.25) is 0 Å². The molecule has 1 radical (unpaired) electrons. The Hall–Kier alpha value is -1.77. The average molecular weight is 258 g/mol. The third kappa shape index (κ3) is 4.12. The van der Waals surface area contributed by atoms with Crippen molar-refractivity contribution < 1.29 is 9.53 Å². The van der Waals surface area contributed by atoms with Crippen LogP contribution in [0.1, 0.15) is 24.8 Å². The first-order valence-electron chi connectivity index (χ1n) is 6.76. The predicted octanol–water partition coefficient (Wildman–Crippen LogP) is 2.93. The van der Waals surface area contributed by atoms with Crippen molar-refractivity contribution in [3.63, 3.8) is 0 Å². The molecule has 0 aromatic heterocycles. The highest BCUT2D eigenvalue weighted by Crippen LogP contribution is 2.14. The van der Waals surface area contributed by atoms with Gasteiger partial charge in [0.1, 0.15) is 5.75 Å². The van der Waals surface area contributed by atoms with Gasteiger partial charge in [-0.15, -0.1) is 0 Å². The number of allylic oxidation sites excluding steroid dienone is 1. The summed E-state index contributed by atoms with van der Waals surface area (Å²) in [6.07, 6.45) is 7.11. The molecule has 0 atom stereocenters. The van der Waals surface area contributed by atoms with E-state index in [4.69, 9.17) is 4.74 Å². The van der Waals surface area contributed by atoms with Gasteiger partial charge in [0.05, 0.1) is 0 Å². The van der Waals surface area contributed by atoms with Gasteiger partial charge in [-0.2, -0.15) is 0 Å². The van der Waals surface area contributed by atoms with E-state index in [9.17, 15) is 4.79 Å². The Labute approximate surface area is 114 Å². The Kier molecular flexibility index (Phi) is 5.01. The van der Waals surface area contributed by atoms with Gasteiger partial charge in [0.15, 0.2) is 6.61 Å². The third-order valence-corrected chi connectivity index (χ3v) is 3.26. The zero-order valence-electron chi connectivity index (χ0n) is 11.2. The lowest BCUT2D eigenvalue weighted by atomic mass is 10.1. The number of benzene rings is 1. The van der Waals surface area contributed by atoms with Gasteiger partial charge in [0.25, 0.3) is 5.91 Å². The summed E-state index contributed by atoms with van der Waals surface area (Å²) < 4.78 is 5.52. The second-order valence-corrected chi connectivity index (χ2v) is 4.70. The van der Waals surface area contributed by atoms with Crippen molar-refractivity contribution in [1.82, 2.24) is 4.90 Å². The molecule has 0 saturated carbocycles. The normalized spacial score (nSPS) is 15.7. The van der Waals surface area contributed by atoms with Crippen LogP contribution in [0.15, 0.2) is 30.3 Å². The summed E-state index contributed by atoms with van der Waals surface area (Å²) in [4.78, 5) is 13.8. The lowest BCUT2D eigenvalue weighted by Gasteiger charge is -2.26. The number of ether oxygens (including phenoxy) is 1. The topological polar surface area (TPSA) is 29.5 Å². The highest BCUT2D eigenvalue weighted by molar-refractivity contribution is 5.77. The van der Waals surface area contributed by atoms with Gasteiger partial charge in [-0.05, 0) is 43.9 Å². The molecule has 1 aromatic rings. The molecule has 1 aromatic carbocycles. The maximum absolute atomic E-state index is 11.9. The van der Waals surface area contributed by atoms with Crippen LogP contribution in [0.3, 0.4) is 0 Å². The van der Waals surface area contributed by atoms with Crippen molar-refractivity contribution in [2.75, 3.05) is 19.7 Å². The molecule has 0 spiro atoms. The van der Waals surface area contributed by atoms with E-state index in [0.29, 0.717) is 0 Å². The quantitative estimate of drug-likeness (QED) is 0.831. The zero-order chi connectivity index (χ0) is 13.5. The van der Waals surface area contributed by atoms with Crippen molar-refractivity contribution in [2.45, 2.75) is 19.3 Å². The summed E-state index contributed by atoms with van der Waals surface area (Å²) in [5, 5.41) is 0. The minimum Gasteiger partial charge on any atom is -0.484 e. The second kappa shape index (κ2) is 6.98. The SMILES string of the molecule is [CH2]C=Cc1ccc(OCC(=O)N2CCCCC2)cc1. The van der Waals surface area contributed by atoms with Crippen molar-refractivity contribution >= 4 is 12.0 Å². The molecule has 1 aliphatic rings. The Bertz CT molecular complexity index is 431. The molecule has 2 rings (SSSR count). The molecule has 1 amide bonds. The maximum atomic E-state index is 11.9. The average Bonchev–Trinajstić information content (AvgIpc) is 2.47. The third-order valence-electron chi connectivity index (χ3n) is 3.26. The van der Waals surface area contributed by atoms with Crippen LogP contribution in [0.4, 0.5) is 0 Å². The number of amides is 1. The van der Waals surface area contributed by atoms with Crippen LogP contribution in [0.5, 0.6) is 5.75 Å². The fraction of sp³-hybridized carbons (Fsp3) is 0.375. The van der Waals surface area contributed by atoms with Crippen molar-refractivity contribution in [2.24, 2.45) is 0 Å². The van der Waals surface area contributed by atoms with Crippen LogP contribution >= 0.6 is 0 Å². The smallest absolute Gasteiger partial charge is 0.260 e. The van der Waals surface area contributed by atoms with E-state index in [1.807, 2.05) is 35.2 Å². The van der Waals surface area contributed by atoms with Crippen LogP contribution in [-0.2, 0) is 4.79 Å². The number of carbonyl (C=O) groups excluding carboxylic acids is 1. The Morgan fingerprint density at radius 2 is 1.89 bits per heavy atom. The van der Waals surface area contributed by atoms with E-state index in [1.54, 1.807) is 6.08 Å². The summed E-state index contributed by atoms with van der Waals surface area (Å²) in [5.41, 5.74) is 1.07. The second-order valence-electron chi connectivity index (χ2n) is 4.70. The number of carbonyl (C=O) groups is 1. The van der Waals surface area contributed by atoms with E-state index < -0.39 is 0 Å². The molecule has 1 saturated heterocycles. The van der Waals surface area contributed by atoms with Gasteiger partial charge in [-0.3, -0.25) is 4.79 Å². The standard InChI is InChI=1S/C16H20NO2/c1-2-6-14-7-9-15(10-8-14)19-13-16(18)17-11-4-3-5-12-17/h2,6-10H,1,3-5,11-13H2. The van der Waals surface area contributed by atoms with E-state index in [-0.39, 0.29) is 12.5 Å². The van der Waals surface area contributed by atoms with Crippen LogP contribution in [-0.4, -0.2) is 30.5 Å². The van der Waals surface area contributed by atoms with Crippen LogP contribution in [0.25, 0.3) is 6.08 Å². The highest BCUT2D eigenvalue weighted by Gasteiger charge is 2.16. The first kappa shape index (κ1) is 13.7. The van der Waals surface area contributed by atoms with Gasteiger partial charge < -0.3 is 9.64 Å². The monoisotopic (exact) mass is 258 g/mol. The van der Waals surface area contributed by atoms with Crippen molar-refractivity contribution in [3.05, 3.63) is 42.8 Å². The van der Waals surface area contributed by atoms with Crippen LogP contribution in [0, 0.1) is 6.92 Å². The minimum absolute atomic E-state index is 0.0847. The number of hydrogen-bond acceptors (Lipinski definition) is 2. The summed E-state index contributed by atoms with van der Waals surface area (Å²) in [6, 6.07) is 7.64. The van der Waals surface area contributed by atoms with Gasteiger partial charge in [-0.1, -0.05) is 24.3 Å². The number of hydrogen-bond donors (Lipinski definition) is 0. The van der Waals surface area contributed by atoms with Gasteiger partial charge in [-0.25, -0.2) is 0 Å². The molecule has 19 heavy (non-hydrogen) atoms.